The monoisotopic (exact) mass is 248 g/mol. The molecule has 3 saturated heterocycles. The highest BCUT2D eigenvalue weighted by atomic mass is 15.2. The third-order valence-corrected chi connectivity index (χ3v) is 6.45. The quantitative estimate of drug-likeness (QED) is 0.650. The van der Waals surface area contributed by atoms with Crippen molar-refractivity contribution >= 4 is 0 Å². The summed E-state index contributed by atoms with van der Waals surface area (Å²) < 4.78 is 0. The summed E-state index contributed by atoms with van der Waals surface area (Å²) in [5.74, 6) is 3.08. The van der Waals surface area contributed by atoms with E-state index in [0.29, 0.717) is 0 Å². The van der Waals surface area contributed by atoms with Gasteiger partial charge in [0.25, 0.3) is 0 Å². The van der Waals surface area contributed by atoms with Crippen LogP contribution in [0.5, 0.6) is 0 Å². The molecule has 2 bridgehead atoms. The van der Waals surface area contributed by atoms with Gasteiger partial charge in [-0.25, -0.2) is 0 Å². The Balaban J connectivity index is 1.58. The minimum Gasteiger partial charge on any atom is -0.303 e. The molecule has 3 aliphatic heterocycles. The lowest BCUT2D eigenvalue weighted by atomic mass is 9.62. The van der Waals surface area contributed by atoms with Gasteiger partial charge in [0.05, 0.1) is 0 Å². The van der Waals surface area contributed by atoms with Crippen LogP contribution in [0.15, 0.2) is 0 Å². The molecule has 0 radical (unpaired) electrons. The first-order chi connectivity index (χ1) is 8.83. The van der Waals surface area contributed by atoms with Crippen LogP contribution in [0.25, 0.3) is 0 Å². The van der Waals surface area contributed by atoms with Crippen LogP contribution >= 0.6 is 0 Å². The number of likely N-dealkylation sites (tertiary alicyclic amines) is 1. The number of nitrogens with zero attached hydrogens (tertiary/aromatic N) is 2. The Hall–Kier alpha value is -0.0800. The van der Waals surface area contributed by atoms with Gasteiger partial charge in [-0.15, -0.1) is 0 Å². The molecule has 102 valence electrons. The van der Waals surface area contributed by atoms with Crippen molar-refractivity contribution in [3.05, 3.63) is 0 Å². The fourth-order valence-electron chi connectivity index (χ4n) is 5.87. The largest absolute Gasteiger partial charge is 0.303 e. The molecular weight excluding hydrogens is 220 g/mol. The molecule has 0 aromatic heterocycles. The minimum absolute atomic E-state index is 0.929. The summed E-state index contributed by atoms with van der Waals surface area (Å²) in [5.41, 5.74) is 0. The molecule has 3 heterocycles. The Labute approximate surface area is 112 Å². The maximum atomic E-state index is 2.88. The van der Waals surface area contributed by atoms with Crippen molar-refractivity contribution in [2.45, 2.75) is 57.0 Å². The predicted molar refractivity (Wildman–Crippen MR) is 74.6 cm³/mol. The zero-order valence-corrected chi connectivity index (χ0v) is 11.9. The van der Waals surface area contributed by atoms with Gasteiger partial charge in [0.2, 0.25) is 0 Å². The van der Waals surface area contributed by atoms with E-state index in [4.69, 9.17) is 0 Å². The van der Waals surface area contributed by atoms with Gasteiger partial charge >= 0.3 is 0 Å². The van der Waals surface area contributed by atoms with Crippen molar-refractivity contribution in [3.63, 3.8) is 0 Å². The maximum absolute atomic E-state index is 2.88. The average Bonchev–Trinajstić information content (AvgIpc) is 2.39. The van der Waals surface area contributed by atoms with Crippen molar-refractivity contribution < 1.29 is 0 Å². The normalized spacial score (nSPS) is 49.5. The fraction of sp³-hybridized carbons (Fsp3) is 1.00. The molecule has 4 fully saturated rings. The molecule has 1 saturated carbocycles. The summed E-state index contributed by atoms with van der Waals surface area (Å²) >= 11 is 0. The van der Waals surface area contributed by atoms with E-state index in [2.05, 4.69) is 16.8 Å². The topological polar surface area (TPSA) is 6.48 Å². The number of rotatable bonds is 0. The van der Waals surface area contributed by atoms with E-state index in [-0.39, 0.29) is 0 Å². The lowest BCUT2D eigenvalue weighted by Crippen LogP contribution is -2.61. The molecule has 4 rings (SSSR count). The number of fused-ring (bicyclic) bond motifs is 6. The van der Waals surface area contributed by atoms with Gasteiger partial charge in [0, 0.05) is 18.6 Å². The summed E-state index contributed by atoms with van der Waals surface area (Å²) in [5, 5.41) is 0. The van der Waals surface area contributed by atoms with Gasteiger partial charge in [0.15, 0.2) is 0 Å². The van der Waals surface area contributed by atoms with Crippen LogP contribution in [0.1, 0.15) is 44.9 Å². The van der Waals surface area contributed by atoms with Gasteiger partial charge < -0.3 is 4.90 Å². The van der Waals surface area contributed by atoms with E-state index in [1.807, 2.05) is 0 Å². The fourth-order valence-corrected chi connectivity index (χ4v) is 5.87. The lowest BCUT2D eigenvalue weighted by Gasteiger charge is -2.57. The Morgan fingerprint density at radius 2 is 1.72 bits per heavy atom. The lowest BCUT2D eigenvalue weighted by molar-refractivity contribution is -0.0741. The second-order valence-corrected chi connectivity index (χ2v) is 7.42. The third kappa shape index (κ3) is 1.76. The molecule has 0 N–H and O–H groups in total. The zero-order chi connectivity index (χ0) is 12.1. The van der Waals surface area contributed by atoms with Gasteiger partial charge in [-0.1, -0.05) is 6.42 Å². The van der Waals surface area contributed by atoms with E-state index in [1.165, 1.54) is 51.7 Å². The van der Waals surface area contributed by atoms with E-state index in [0.717, 1.165) is 29.8 Å². The molecule has 5 atom stereocenters. The van der Waals surface area contributed by atoms with Crippen LogP contribution < -0.4 is 0 Å². The van der Waals surface area contributed by atoms with Crippen molar-refractivity contribution in [2.24, 2.45) is 17.8 Å². The Morgan fingerprint density at radius 3 is 2.67 bits per heavy atom. The number of hydrogen-bond acceptors (Lipinski definition) is 2. The van der Waals surface area contributed by atoms with Crippen LogP contribution in [-0.2, 0) is 0 Å². The molecule has 0 aromatic rings. The molecule has 2 heteroatoms. The SMILES string of the molecule is CN1CCCC2C[C@H]3C[C@H](CN4CCCC[C@H]34)[C@@H]21. The molecule has 18 heavy (non-hydrogen) atoms. The first kappa shape index (κ1) is 11.7. The Morgan fingerprint density at radius 1 is 0.833 bits per heavy atom. The van der Waals surface area contributed by atoms with Gasteiger partial charge in [0.1, 0.15) is 0 Å². The molecule has 0 spiro atoms. The predicted octanol–water partition coefficient (Wildman–Crippen LogP) is 2.59. The van der Waals surface area contributed by atoms with Gasteiger partial charge in [-0.05, 0) is 76.4 Å². The Bertz CT molecular complexity index is 316. The molecule has 2 nitrogen and oxygen atoms in total. The number of piperidine rings is 3. The van der Waals surface area contributed by atoms with Crippen LogP contribution in [0.3, 0.4) is 0 Å². The van der Waals surface area contributed by atoms with Crippen LogP contribution in [0.4, 0.5) is 0 Å². The van der Waals surface area contributed by atoms with Crippen LogP contribution in [0, 0.1) is 17.8 Å². The molecule has 0 amide bonds. The standard InChI is InChI=1S/C16H28N2/c1-17-7-4-5-12-9-13-10-14(16(12)17)11-18-8-3-2-6-15(13)18/h12-16H,2-11H2,1H3/t12?,13-,14+,15+,16+/m0/s1. The minimum atomic E-state index is 0.929. The number of hydrogen-bond donors (Lipinski definition) is 0. The summed E-state index contributed by atoms with van der Waals surface area (Å²) in [6.07, 6.45) is 10.5. The molecule has 0 aromatic carbocycles. The highest BCUT2D eigenvalue weighted by molar-refractivity contribution is 5.02. The summed E-state index contributed by atoms with van der Waals surface area (Å²) in [7, 11) is 2.39. The van der Waals surface area contributed by atoms with E-state index < -0.39 is 0 Å². The summed E-state index contributed by atoms with van der Waals surface area (Å²) in [6.45, 7) is 4.18. The highest BCUT2D eigenvalue weighted by Gasteiger charge is 2.48. The molecule has 1 unspecified atom stereocenters. The Kier molecular flexibility index (Phi) is 2.92. The summed E-state index contributed by atoms with van der Waals surface area (Å²) in [6, 6.07) is 1.90. The van der Waals surface area contributed by atoms with E-state index in [9.17, 15) is 0 Å². The first-order valence-corrected chi connectivity index (χ1v) is 8.27. The van der Waals surface area contributed by atoms with Crippen molar-refractivity contribution in [2.75, 3.05) is 26.7 Å². The van der Waals surface area contributed by atoms with E-state index in [1.54, 1.807) is 12.8 Å². The van der Waals surface area contributed by atoms with Crippen molar-refractivity contribution in [1.82, 2.24) is 9.80 Å². The van der Waals surface area contributed by atoms with Crippen LogP contribution in [0.2, 0.25) is 0 Å². The molecule has 4 aliphatic rings. The smallest absolute Gasteiger partial charge is 0.0161 e. The van der Waals surface area contributed by atoms with Crippen molar-refractivity contribution in [1.29, 1.82) is 0 Å². The van der Waals surface area contributed by atoms with E-state index >= 15 is 0 Å². The zero-order valence-electron chi connectivity index (χ0n) is 11.9. The summed E-state index contributed by atoms with van der Waals surface area (Å²) in [4.78, 5) is 5.58. The first-order valence-electron chi connectivity index (χ1n) is 8.27. The highest BCUT2D eigenvalue weighted by Crippen LogP contribution is 2.47. The second-order valence-electron chi connectivity index (χ2n) is 7.42. The maximum Gasteiger partial charge on any atom is 0.0161 e. The van der Waals surface area contributed by atoms with Gasteiger partial charge in [-0.3, -0.25) is 4.90 Å². The average molecular weight is 248 g/mol. The van der Waals surface area contributed by atoms with Crippen LogP contribution in [-0.4, -0.2) is 48.6 Å². The van der Waals surface area contributed by atoms with Gasteiger partial charge in [-0.2, -0.15) is 0 Å². The third-order valence-electron chi connectivity index (χ3n) is 6.45. The van der Waals surface area contributed by atoms with Crippen molar-refractivity contribution in [3.8, 4) is 0 Å². The molecular formula is C16H28N2. The molecule has 1 aliphatic carbocycles. The second kappa shape index (κ2) is 4.49.